The molecule has 0 radical (unpaired) electrons. The van der Waals surface area contributed by atoms with Crippen LogP contribution in [0.25, 0.3) is 0 Å². The summed E-state index contributed by atoms with van der Waals surface area (Å²) in [5.74, 6) is -2.66. The molecule has 0 aromatic heterocycles. The Morgan fingerprint density at radius 2 is 2.07 bits per heavy atom. The predicted octanol–water partition coefficient (Wildman–Crippen LogP) is -0.214. The predicted molar refractivity (Wildman–Crippen MR) is 53.4 cm³/mol. The van der Waals surface area contributed by atoms with Gasteiger partial charge < -0.3 is 5.11 Å². The van der Waals surface area contributed by atoms with Gasteiger partial charge in [0, 0.05) is 6.54 Å². The number of nitrogens with zero attached hydrogens (tertiary/aromatic N) is 1. The van der Waals surface area contributed by atoms with E-state index in [0.717, 1.165) is 0 Å². The summed E-state index contributed by atoms with van der Waals surface area (Å²) in [6, 6.07) is 1.49. The molecule has 0 aliphatic rings. The molecule has 1 atom stereocenters. The van der Waals surface area contributed by atoms with Crippen LogP contribution in [0, 0.1) is 23.2 Å². The second-order valence-corrected chi connectivity index (χ2v) is 5.26. The fourth-order valence-electron chi connectivity index (χ4n) is 0.961. The number of carboxylic acids is 1. The first-order valence-corrected chi connectivity index (χ1v) is 6.02. The summed E-state index contributed by atoms with van der Waals surface area (Å²) in [5.41, 5.74) is 0. The maximum absolute atomic E-state index is 11.1. The van der Waals surface area contributed by atoms with Crippen LogP contribution in [0.4, 0.5) is 0 Å². The number of nitriles is 1. The smallest absolute Gasteiger partial charge is 0.308 e. The zero-order chi connectivity index (χ0) is 12.1. The third-order valence-corrected chi connectivity index (χ3v) is 3.02. The highest BCUT2D eigenvalue weighted by atomic mass is 32.2. The average molecular weight is 234 g/mol. The molecule has 0 fully saturated rings. The van der Waals surface area contributed by atoms with Gasteiger partial charge >= 0.3 is 5.97 Å². The van der Waals surface area contributed by atoms with Crippen LogP contribution in [-0.4, -0.2) is 31.8 Å². The third kappa shape index (κ3) is 5.34. The maximum Gasteiger partial charge on any atom is 0.308 e. The van der Waals surface area contributed by atoms with Crippen molar-refractivity contribution in [3.63, 3.8) is 0 Å². The summed E-state index contributed by atoms with van der Waals surface area (Å²) >= 11 is 0. The van der Waals surface area contributed by atoms with Gasteiger partial charge in [-0.25, -0.2) is 13.1 Å². The largest absolute Gasteiger partial charge is 0.481 e. The molecule has 0 spiro atoms. The Hall–Kier alpha value is -1.13. The van der Waals surface area contributed by atoms with E-state index in [4.69, 9.17) is 10.4 Å². The van der Waals surface area contributed by atoms with Gasteiger partial charge in [-0.05, 0) is 5.92 Å². The Balaban J connectivity index is 4.37. The summed E-state index contributed by atoms with van der Waals surface area (Å²) in [4.78, 5) is 10.7. The van der Waals surface area contributed by atoms with Gasteiger partial charge in [0.1, 0.15) is 0 Å². The lowest BCUT2D eigenvalue weighted by molar-refractivity contribution is -0.142. The first-order valence-electron chi connectivity index (χ1n) is 4.37. The second kappa shape index (κ2) is 5.68. The van der Waals surface area contributed by atoms with Crippen LogP contribution >= 0.6 is 0 Å². The Morgan fingerprint density at radius 1 is 1.53 bits per heavy atom. The standard InChI is InChI=1S/C8H14N2O4S/c1-6(2)7(8(11)12)5-10-15(13,14)4-3-9/h6-7,10H,4-5H2,1-2H3,(H,11,12). The number of hydrogen-bond donors (Lipinski definition) is 2. The van der Waals surface area contributed by atoms with Crippen molar-refractivity contribution in [2.75, 3.05) is 12.3 Å². The van der Waals surface area contributed by atoms with E-state index in [2.05, 4.69) is 4.72 Å². The van der Waals surface area contributed by atoms with E-state index < -0.39 is 27.7 Å². The van der Waals surface area contributed by atoms with Crippen LogP contribution in [0.15, 0.2) is 0 Å². The minimum Gasteiger partial charge on any atom is -0.481 e. The first-order chi connectivity index (χ1) is 6.80. The Morgan fingerprint density at radius 3 is 2.40 bits per heavy atom. The van der Waals surface area contributed by atoms with E-state index in [1.165, 1.54) is 6.07 Å². The fraction of sp³-hybridized carbons (Fsp3) is 0.750. The molecule has 0 aromatic carbocycles. The zero-order valence-corrected chi connectivity index (χ0v) is 9.41. The fourth-order valence-corrected chi connectivity index (χ4v) is 1.67. The molecule has 0 saturated heterocycles. The lowest BCUT2D eigenvalue weighted by atomic mass is 9.97. The van der Waals surface area contributed by atoms with Gasteiger partial charge in [-0.2, -0.15) is 5.26 Å². The van der Waals surface area contributed by atoms with Crippen molar-refractivity contribution < 1.29 is 18.3 Å². The van der Waals surface area contributed by atoms with E-state index in [-0.39, 0.29) is 12.5 Å². The molecule has 0 aromatic rings. The topological polar surface area (TPSA) is 107 Å². The molecule has 86 valence electrons. The molecule has 0 aliphatic heterocycles. The van der Waals surface area contributed by atoms with Crippen LogP contribution in [0.1, 0.15) is 13.8 Å². The average Bonchev–Trinajstić information content (AvgIpc) is 2.01. The summed E-state index contributed by atoms with van der Waals surface area (Å²) in [7, 11) is -3.67. The van der Waals surface area contributed by atoms with Crippen molar-refractivity contribution in [1.29, 1.82) is 5.26 Å². The molecule has 0 amide bonds. The van der Waals surface area contributed by atoms with E-state index in [1.54, 1.807) is 13.8 Å². The van der Waals surface area contributed by atoms with Crippen molar-refractivity contribution in [1.82, 2.24) is 4.72 Å². The molecular formula is C8H14N2O4S. The van der Waals surface area contributed by atoms with Crippen molar-refractivity contribution in [3.05, 3.63) is 0 Å². The number of hydrogen-bond acceptors (Lipinski definition) is 4. The second-order valence-electron chi connectivity index (χ2n) is 3.45. The molecule has 15 heavy (non-hydrogen) atoms. The van der Waals surface area contributed by atoms with Crippen LogP contribution in [0.5, 0.6) is 0 Å². The van der Waals surface area contributed by atoms with Crippen molar-refractivity contribution in [2.45, 2.75) is 13.8 Å². The molecule has 1 unspecified atom stereocenters. The van der Waals surface area contributed by atoms with E-state index in [9.17, 15) is 13.2 Å². The first kappa shape index (κ1) is 13.9. The SMILES string of the molecule is CC(C)C(CNS(=O)(=O)CC#N)C(=O)O. The zero-order valence-electron chi connectivity index (χ0n) is 8.60. The summed E-state index contributed by atoms with van der Waals surface area (Å²) in [5, 5.41) is 17.0. The van der Waals surface area contributed by atoms with Crippen LogP contribution in [-0.2, 0) is 14.8 Å². The molecule has 0 rings (SSSR count). The highest BCUT2D eigenvalue weighted by molar-refractivity contribution is 7.89. The van der Waals surface area contributed by atoms with Crippen molar-refractivity contribution >= 4 is 16.0 Å². The molecule has 6 nitrogen and oxygen atoms in total. The number of carbonyl (C=O) groups is 1. The van der Waals surface area contributed by atoms with Gasteiger partial charge in [0.15, 0.2) is 5.75 Å². The van der Waals surface area contributed by atoms with Gasteiger partial charge in [-0.1, -0.05) is 13.8 Å². The summed E-state index contributed by atoms with van der Waals surface area (Å²) in [6.07, 6.45) is 0. The van der Waals surface area contributed by atoms with Crippen molar-refractivity contribution in [2.24, 2.45) is 11.8 Å². The van der Waals surface area contributed by atoms with E-state index >= 15 is 0 Å². The molecule has 0 heterocycles. The normalized spacial score (nSPS) is 13.5. The van der Waals surface area contributed by atoms with Gasteiger partial charge in [0.05, 0.1) is 12.0 Å². The number of sulfonamides is 1. The maximum atomic E-state index is 11.1. The lowest BCUT2D eigenvalue weighted by Crippen LogP contribution is -2.36. The number of nitrogens with one attached hydrogen (secondary N) is 1. The third-order valence-electron chi connectivity index (χ3n) is 1.90. The molecule has 7 heteroatoms. The van der Waals surface area contributed by atoms with Gasteiger partial charge in [-0.3, -0.25) is 4.79 Å². The van der Waals surface area contributed by atoms with E-state index in [1.807, 2.05) is 0 Å². The quantitative estimate of drug-likeness (QED) is 0.661. The van der Waals surface area contributed by atoms with Crippen LogP contribution in [0.3, 0.4) is 0 Å². The minimum atomic E-state index is -3.67. The van der Waals surface area contributed by atoms with Gasteiger partial charge in [0.25, 0.3) is 0 Å². The minimum absolute atomic E-state index is 0.174. The van der Waals surface area contributed by atoms with Crippen molar-refractivity contribution in [3.8, 4) is 6.07 Å². The highest BCUT2D eigenvalue weighted by Crippen LogP contribution is 2.09. The molecule has 2 N–H and O–H groups in total. The monoisotopic (exact) mass is 234 g/mol. The summed E-state index contributed by atoms with van der Waals surface area (Å²) in [6.45, 7) is 3.20. The van der Waals surface area contributed by atoms with Gasteiger partial charge in [-0.15, -0.1) is 0 Å². The lowest BCUT2D eigenvalue weighted by Gasteiger charge is -2.15. The van der Waals surface area contributed by atoms with Gasteiger partial charge in [0.2, 0.25) is 10.0 Å². The molecule has 0 bridgehead atoms. The molecule has 0 saturated carbocycles. The van der Waals surface area contributed by atoms with E-state index in [0.29, 0.717) is 0 Å². The molecule has 0 aliphatic carbocycles. The highest BCUT2D eigenvalue weighted by Gasteiger charge is 2.23. The summed E-state index contributed by atoms with van der Waals surface area (Å²) < 4.78 is 24.2. The Labute approximate surface area is 89.0 Å². The van der Waals surface area contributed by atoms with Crippen LogP contribution < -0.4 is 4.72 Å². The number of rotatable bonds is 6. The Kier molecular flexibility index (Phi) is 5.25. The number of carboxylic acid groups (broad SMARTS) is 1. The van der Waals surface area contributed by atoms with Crippen LogP contribution in [0.2, 0.25) is 0 Å². The molecular weight excluding hydrogens is 220 g/mol. The number of aliphatic carboxylic acids is 1. The Bertz CT molecular complexity index is 355.